The molecule has 5 heteroatoms. The summed E-state index contributed by atoms with van der Waals surface area (Å²) in [5, 5.41) is 12.2. The highest BCUT2D eigenvalue weighted by Gasteiger charge is 2.42. The molecule has 2 heterocycles. The number of furan rings is 1. The van der Waals surface area contributed by atoms with E-state index in [4.69, 9.17) is 4.42 Å². The van der Waals surface area contributed by atoms with E-state index in [1.165, 1.54) is 6.07 Å². The number of benzene rings is 1. The molecule has 1 N–H and O–H groups in total. The van der Waals surface area contributed by atoms with Gasteiger partial charge in [0.25, 0.3) is 0 Å². The number of hydrogen-bond donors (Lipinski definition) is 1. The maximum atomic E-state index is 13.9. The minimum absolute atomic E-state index is 0.105. The maximum absolute atomic E-state index is 13.9. The van der Waals surface area contributed by atoms with Crippen molar-refractivity contribution in [3.05, 3.63) is 65.4 Å². The van der Waals surface area contributed by atoms with Crippen LogP contribution < -0.4 is 0 Å². The number of piperazine rings is 1. The molecule has 1 saturated carbocycles. The van der Waals surface area contributed by atoms with Gasteiger partial charge in [-0.15, -0.1) is 0 Å². The lowest BCUT2D eigenvalue weighted by Crippen LogP contribution is -2.51. The summed E-state index contributed by atoms with van der Waals surface area (Å²) in [5.74, 6) is 0.618. The molecule has 4 nitrogen and oxygen atoms in total. The van der Waals surface area contributed by atoms with Crippen LogP contribution in [0, 0.1) is 11.7 Å². The molecule has 2 aliphatic rings. The normalized spacial score (nSPS) is 28.0. The van der Waals surface area contributed by atoms with Gasteiger partial charge in [0, 0.05) is 45.1 Å². The molecule has 1 saturated heterocycles. The van der Waals surface area contributed by atoms with Crippen LogP contribution >= 0.6 is 0 Å². The Labute approximate surface area is 179 Å². The van der Waals surface area contributed by atoms with Crippen LogP contribution in [0.3, 0.4) is 0 Å². The summed E-state index contributed by atoms with van der Waals surface area (Å²) in [7, 11) is 2.16. The second-order valence-electron chi connectivity index (χ2n) is 8.96. The van der Waals surface area contributed by atoms with Gasteiger partial charge in [-0.25, -0.2) is 4.39 Å². The molecule has 0 amide bonds. The first-order valence-electron chi connectivity index (χ1n) is 11.2. The zero-order valence-electron chi connectivity index (χ0n) is 17.9. The summed E-state index contributed by atoms with van der Waals surface area (Å²) in [5.41, 5.74) is 0.840. The van der Waals surface area contributed by atoms with E-state index in [9.17, 15) is 9.50 Å². The summed E-state index contributed by atoms with van der Waals surface area (Å²) < 4.78 is 19.5. The summed E-state index contributed by atoms with van der Waals surface area (Å²) in [6, 6.07) is 10.5. The molecule has 1 aliphatic heterocycles. The van der Waals surface area contributed by atoms with Crippen molar-refractivity contribution in [2.24, 2.45) is 5.92 Å². The van der Waals surface area contributed by atoms with E-state index in [0.29, 0.717) is 6.42 Å². The molecular weight excluding hydrogens is 379 g/mol. The van der Waals surface area contributed by atoms with E-state index in [1.807, 2.05) is 24.3 Å². The van der Waals surface area contributed by atoms with Crippen LogP contribution in [-0.4, -0.2) is 60.3 Å². The van der Waals surface area contributed by atoms with E-state index in [-0.39, 0.29) is 11.7 Å². The third kappa shape index (κ3) is 5.02. The van der Waals surface area contributed by atoms with Crippen LogP contribution in [0.5, 0.6) is 0 Å². The molecule has 0 spiro atoms. The van der Waals surface area contributed by atoms with Gasteiger partial charge in [-0.3, -0.25) is 0 Å². The lowest BCUT2D eigenvalue weighted by Gasteiger charge is -2.42. The molecule has 1 aliphatic carbocycles. The summed E-state index contributed by atoms with van der Waals surface area (Å²) in [6.07, 6.45) is 8.07. The van der Waals surface area contributed by atoms with Crippen molar-refractivity contribution >= 4 is 6.08 Å². The highest BCUT2D eigenvalue weighted by molar-refractivity contribution is 5.51. The van der Waals surface area contributed by atoms with Gasteiger partial charge in [-0.1, -0.05) is 18.6 Å². The number of nitrogens with zero attached hydrogens (tertiary/aromatic N) is 2. The minimum Gasteiger partial charge on any atom is -0.465 e. The Morgan fingerprint density at radius 3 is 2.73 bits per heavy atom. The standard InChI is InChI=1S/C25H33FN2O2/c1-27-11-13-28(14-12-27)19-22-8-3-2-7-21(17-24-10-5-15-30-24)25(22,29)18-20-6-4-9-23(26)16-20/h4-6,9-10,15-17,22,29H,2-3,7-8,11-14,18-19H2,1H3. The summed E-state index contributed by atoms with van der Waals surface area (Å²) in [4.78, 5) is 4.84. The SMILES string of the molecule is CN1CCN(CC2CCCCC(=Cc3ccco3)C2(O)Cc2cccc(F)c2)CC1. The topological polar surface area (TPSA) is 39.9 Å². The fraction of sp³-hybridized carbons (Fsp3) is 0.520. The smallest absolute Gasteiger partial charge is 0.126 e. The van der Waals surface area contributed by atoms with Gasteiger partial charge in [0.05, 0.1) is 11.9 Å². The van der Waals surface area contributed by atoms with E-state index in [2.05, 4.69) is 16.8 Å². The number of hydrogen-bond acceptors (Lipinski definition) is 4. The quantitative estimate of drug-likeness (QED) is 0.747. The van der Waals surface area contributed by atoms with Crippen molar-refractivity contribution in [1.29, 1.82) is 0 Å². The van der Waals surface area contributed by atoms with Crippen LogP contribution in [0.2, 0.25) is 0 Å². The number of likely N-dealkylation sites (N-methyl/N-ethyl adjacent to an activating group) is 1. The number of rotatable bonds is 5. The second kappa shape index (κ2) is 9.46. The molecule has 2 atom stereocenters. The van der Waals surface area contributed by atoms with Crippen molar-refractivity contribution in [3.63, 3.8) is 0 Å². The van der Waals surface area contributed by atoms with E-state index >= 15 is 0 Å². The van der Waals surface area contributed by atoms with Crippen molar-refractivity contribution in [2.75, 3.05) is 39.8 Å². The van der Waals surface area contributed by atoms with E-state index in [0.717, 1.165) is 75.3 Å². The Morgan fingerprint density at radius 1 is 1.17 bits per heavy atom. The number of aliphatic hydroxyl groups is 1. The highest BCUT2D eigenvalue weighted by Crippen LogP contribution is 2.41. The summed E-state index contributed by atoms with van der Waals surface area (Å²) >= 11 is 0. The van der Waals surface area contributed by atoms with Gasteiger partial charge in [0.1, 0.15) is 11.6 Å². The second-order valence-corrected chi connectivity index (χ2v) is 8.96. The van der Waals surface area contributed by atoms with Gasteiger partial charge in [0.2, 0.25) is 0 Å². The third-order valence-electron chi connectivity index (χ3n) is 6.78. The monoisotopic (exact) mass is 412 g/mol. The van der Waals surface area contributed by atoms with Crippen molar-refractivity contribution in [3.8, 4) is 0 Å². The summed E-state index contributed by atoms with van der Waals surface area (Å²) in [6.45, 7) is 5.05. The fourth-order valence-corrected chi connectivity index (χ4v) is 4.97. The van der Waals surface area contributed by atoms with E-state index < -0.39 is 5.60 Å². The first kappa shape index (κ1) is 21.3. The number of halogens is 1. The maximum Gasteiger partial charge on any atom is 0.126 e. The van der Waals surface area contributed by atoms with Crippen LogP contribution in [0.25, 0.3) is 6.08 Å². The van der Waals surface area contributed by atoms with Gasteiger partial charge >= 0.3 is 0 Å². The Hall–Kier alpha value is -1.95. The fourth-order valence-electron chi connectivity index (χ4n) is 4.97. The van der Waals surface area contributed by atoms with Crippen LogP contribution in [0.15, 0.2) is 52.7 Å². The third-order valence-corrected chi connectivity index (χ3v) is 6.78. The van der Waals surface area contributed by atoms with Gasteiger partial charge in [0.15, 0.2) is 0 Å². The van der Waals surface area contributed by atoms with Crippen LogP contribution in [0.1, 0.15) is 37.0 Å². The molecule has 0 radical (unpaired) electrons. The lowest BCUT2D eigenvalue weighted by atomic mass is 9.75. The van der Waals surface area contributed by atoms with Gasteiger partial charge in [-0.2, -0.15) is 0 Å². The molecule has 0 bridgehead atoms. The zero-order chi connectivity index (χ0) is 21.0. The molecule has 2 aromatic rings. The first-order valence-corrected chi connectivity index (χ1v) is 11.2. The molecule has 2 unspecified atom stereocenters. The Morgan fingerprint density at radius 2 is 2.00 bits per heavy atom. The zero-order valence-corrected chi connectivity index (χ0v) is 17.9. The molecule has 1 aromatic heterocycles. The molecule has 30 heavy (non-hydrogen) atoms. The lowest BCUT2D eigenvalue weighted by molar-refractivity contribution is -0.00652. The van der Waals surface area contributed by atoms with Crippen molar-refractivity contribution in [1.82, 2.24) is 9.80 Å². The van der Waals surface area contributed by atoms with Crippen LogP contribution in [-0.2, 0) is 6.42 Å². The van der Waals surface area contributed by atoms with Crippen molar-refractivity contribution in [2.45, 2.75) is 37.7 Å². The average molecular weight is 413 g/mol. The molecule has 4 rings (SSSR count). The van der Waals surface area contributed by atoms with Crippen molar-refractivity contribution < 1.29 is 13.9 Å². The minimum atomic E-state index is -1.01. The molecule has 1 aromatic carbocycles. The Bertz CT molecular complexity index is 843. The van der Waals surface area contributed by atoms with Gasteiger partial charge in [-0.05, 0) is 67.8 Å². The first-order chi connectivity index (χ1) is 14.5. The Kier molecular flexibility index (Phi) is 6.71. The predicted octanol–water partition coefficient (Wildman–Crippen LogP) is 4.21. The molecule has 2 fully saturated rings. The largest absolute Gasteiger partial charge is 0.465 e. The highest BCUT2D eigenvalue weighted by atomic mass is 19.1. The van der Waals surface area contributed by atoms with E-state index in [1.54, 1.807) is 18.4 Å². The average Bonchev–Trinajstić information content (AvgIpc) is 3.19. The predicted molar refractivity (Wildman–Crippen MR) is 118 cm³/mol. The Balaban J connectivity index is 1.66. The van der Waals surface area contributed by atoms with Crippen LogP contribution in [0.4, 0.5) is 4.39 Å². The van der Waals surface area contributed by atoms with Gasteiger partial charge < -0.3 is 19.3 Å². The molecule has 162 valence electrons. The molecular formula is C25H33FN2O2.